The molecule has 0 aliphatic carbocycles. The molecule has 1 aliphatic rings. The van der Waals surface area contributed by atoms with Gasteiger partial charge in [0.25, 0.3) is 0 Å². The summed E-state index contributed by atoms with van der Waals surface area (Å²) in [7, 11) is 0. The highest BCUT2D eigenvalue weighted by Crippen LogP contribution is 2.21. The molecule has 17 heavy (non-hydrogen) atoms. The molecule has 0 aromatic heterocycles. The number of hydrogen-bond acceptors (Lipinski definition) is 3. The van der Waals surface area contributed by atoms with Crippen molar-refractivity contribution < 1.29 is 13.9 Å². The first kappa shape index (κ1) is 12.3. The molecule has 3 nitrogen and oxygen atoms in total. The molecule has 2 unspecified atom stereocenters. The molecule has 1 fully saturated rings. The summed E-state index contributed by atoms with van der Waals surface area (Å²) in [5.41, 5.74) is 6.15. The highest BCUT2D eigenvalue weighted by atomic mass is 19.1. The third-order valence-corrected chi connectivity index (χ3v) is 3.04. The summed E-state index contributed by atoms with van der Waals surface area (Å²) in [5.74, 6) is 0.308. The minimum Gasteiger partial charge on any atom is -0.491 e. The predicted octanol–water partition coefficient (Wildman–Crippen LogP) is 2.02. The Morgan fingerprint density at radius 3 is 2.82 bits per heavy atom. The fourth-order valence-corrected chi connectivity index (χ4v) is 1.93. The molecule has 0 spiro atoms. The Bertz CT molecular complexity index is 384. The second-order valence-corrected chi connectivity index (χ2v) is 4.42. The maximum absolute atomic E-state index is 13.3. The SMILES string of the molecule is Cc1ccc(OCC2CCC(CN)O2)cc1F. The Morgan fingerprint density at radius 1 is 1.41 bits per heavy atom. The van der Waals surface area contributed by atoms with Crippen molar-refractivity contribution in [2.75, 3.05) is 13.2 Å². The second-order valence-electron chi connectivity index (χ2n) is 4.42. The van der Waals surface area contributed by atoms with E-state index in [0.29, 0.717) is 24.5 Å². The maximum atomic E-state index is 13.3. The molecule has 1 heterocycles. The van der Waals surface area contributed by atoms with Crippen LogP contribution >= 0.6 is 0 Å². The molecule has 4 heteroatoms. The van der Waals surface area contributed by atoms with E-state index in [1.807, 2.05) is 0 Å². The van der Waals surface area contributed by atoms with Gasteiger partial charge < -0.3 is 15.2 Å². The summed E-state index contributed by atoms with van der Waals surface area (Å²) in [4.78, 5) is 0. The van der Waals surface area contributed by atoms with Gasteiger partial charge in [-0.2, -0.15) is 0 Å². The zero-order valence-corrected chi connectivity index (χ0v) is 9.99. The van der Waals surface area contributed by atoms with Crippen molar-refractivity contribution in [3.05, 3.63) is 29.6 Å². The minimum absolute atomic E-state index is 0.0768. The van der Waals surface area contributed by atoms with Gasteiger partial charge >= 0.3 is 0 Å². The van der Waals surface area contributed by atoms with Gasteiger partial charge in [0.2, 0.25) is 0 Å². The summed E-state index contributed by atoms with van der Waals surface area (Å²) in [6.07, 6.45) is 2.16. The number of halogens is 1. The van der Waals surface area contributed by atoms with E-state index in [4.69, 9.17) is 15.2 Å². The van der Waals surface area contributed by atoms with Crippen LogP contribution in [0.4, 0.5) is 4.39 Å². The molecule has 1 saturated heterocycles. The van der Waals surface area contributed by atoms with Crippen molar-refractivity contribution in [2.24, 2.45) is 5.73 Å². The average molecular weight is 239 g/mol. The number of nitrogens with two attached hydrogens (primary N) is 1. The number of rotatable bonds is 4. The van der Waals surface area contributed by atoms with Gasteiger partial charge in [-0.1, -0.05) is 6.07 Å². The molecule has 1 aromatic carbocycles. The summed E-state index contributed by atoms with van der Waals surface area (Å²) in [6, 6.07) is 4.89. The number of hydrogen-bond donors (Lipinski definition) is 1. The van der Waals surface area contributed by atoms with Gasteiger partial charge in [-0.3, -0.25) is 0 Å². The van der Waals surface area contributed by atoms with E-state index in [-0.39, 0.29) is 18.0 Å². The number of ether oxygens (including phenoxy) is 2. The molecule has 0 amide bonds. The zero-order chi connectivity index (χ0) is 12.3. The van der Waals surface area contributed by atoms with Crippen molar-refractivity contribution in [2.45, 2.75) is 32.0 Å². The average Bonchev–Trinajstić information content (AvgIpc) is 2.79. The van der Waals surface area contributed by atoms with E-state index in [1.165, 1.54) is 6.07 Å². The summed E-state index contributed by atoms with van der Waals surface area (Å²) >= 11 is 0. The van der Waals surface area contributed by atoms with E-state index < -0.39 is 0 Å². The van der Waals surface area contributed by atoms with Crippen molar-refractivity contribution in [3.8, 4) is 5.75 Å². The quantitative estimate of drug-likeness (QED) is 0.874. The van der Waals surface area contributed by atoms with Crippen LogP contribution in [0.3, 0.4) is 0 Å². The monoisotopic (exact) mass is 239 g/mol. The molecule has 0 radical (unpaired) electrons. The van der Waals surface area contributed by atoms with Crippen LogP contribution in [0, 0.1) is 12.7 Å². The van der Waals surface area contributed by atoms with Gasteiger partial charge in [-0.25, -0.2) is 4.39 Å². The van der Waals surface area contributed by atoms with Gasteiger partial charge in [0.15, 0.2) is 0 Å². The maximum Gasteiger partial charge on any atom is 0.129 e. The molecular formula is C13H18FNO2. The summed E-state index contributed by atoms with van der Waals surface area (Å²) in [6.45, 7) is 2.74. The van der Waals surface area contributed by atoms with Crippen LogP contribution in [-0.4, -0.2) is 25.4 Å². The Morgan fingerprint density at radius 2 is 2.18 bits per heavy atom. The Kier molecular flexibility index (Phi) is 3.97. The van der Waals surface area contributed by atoms with Crippen molar-refractivity contribution >= 4 is 0 Å². The lowest BCUT2D eigenvalue weighted by Gasteiger charge is -2.13. The van der Waals surface area contributed by atoms with Gasteiger partial charge in [0.05, 0.1) is 12.2 Å². The van der Waals surface area contributed by atoms with Crippen LogP contribution < -0.4 is 10.5 Å². The van der Waals surface area contributed by atoms with E-state index in [0.717, 1.165) is 12.8 Å². The normalized spacial score (nSPS) is 23.9. The largest absolute Gasteiger partial charge is 0.491 e. The first-order valence-electron chi connectivity index (χ1n) is 5.93. The zero-order valence-electron chi connectivity index (χ0n) is 9.99. The third-order valence-electron chi connectivity index (χ3n) is 3.04. The van der Waals surface area contributed by atoms with Crippen LogP contribution in [0.2, 0.25) is 0 Å². The molecule has 0 bridgehead atoms. The van der Waals surface area contributed by atoms with E-state index in [9.17, 15) is 4.39 Å². The molecule has 2 N–H and O–H groups in total. The van der Waals surface area contributed by atoms with E-state index in [1.54, 1.807) is 19.1 Å². The van der Waals surface area contributed by atoms with Crippen LogP contribution in [0.15, 0.2) is 18.2 Å². The van der Waals surface area contributed by atoms with Gasteiger partial charge in [-0.15, -0.1) is 0 Å². The van der Waals surface area contributed by atoms with Crippen LogP contribution in [0.1, 0.15) is 18.4 Å². The van der Waals surface area contributed by atoms with Gasteiger partial charge in [0.1, 0.15) is 18.2 Å². The molecule has 2 atom stereocenters. The van der Waals surface area contributed by atoms with Gasteiger partial charge in [0, 0.05) is 12.6 Å². The van der Waals surface area contributed by atoms with Crippen molar-refractivity contribution in [3.63, 3.8) is 0 Å². The van der Waals surface area contributed by atoms with Crippen molar-refractivity contribution in [1.82, 2.24) is 0 Å². The summed E-state index contributed by atoms with van der Waals surface area (Å²) in [5, 5.41) is 0. The molecule has 0 saturated carbocycles. The minimum atomic E-state index is -0.241. The van der Waals surface area contributed by atoms with E-state index in [2.05, 4.69) is 0 Å². The lowest BCUT2D eigenvalue weighted by atomic mass is 10.2. The Hall–Kier alpha value is -1.13. The van der Waals surface area contributed by atoms with E-state index >= 15 is 0 Å². The third kappa shape index (κ3) is 3.17. The first-order valence-corrected chi connectivity index (χ1v) is 5.93. The highest BCUT2D eigenvalue weighted by molar-refractivity contribution is 5.27. The van der Waals surface area contributed by atoms with Gasteiger partial charge in [-0.05, 0) is 31.4 Å². The van der Waals surface area contributed by atoms with Crippen LogP contribution in [-0.2, 0) is 4.74 Å². The topological polar surface area (TPSA) is 44.5 Å². The fourth-order valence-electron chi connectivity index (χ4n) is 1.93. The van der Waals surface area contributed by atoms with Crippen molar-refractivity contribution in [1.29, 1.82) is 0 Å². The van der Waals surface area contributed by atoms with Crippen LogP contribution in [0.25, 0.3) is 0 Å². The second kappa shape index (κ2) is 5.47. The molecule has 2 rings (SSSR count). The first-order chi connectivity index (χ1) is 8.19. The number of aryl methyl sites for hydroxylation is 1. The smallest absolute Gasteiger partial charge is 0.129 e. The standard InChI is InChI=1S/C13H18FNO2/c1-9-2-3-10(6-13(9)14)16-8-12-5-4-11(7-15)17-12/h2-3,6,11-12H,4-5,7-8,15H2,1H3. The lowest BCUT2D eigenvalue weighted by molar-refractivity contribution is 0.0221. The molecule has 1 aromatic rings. The fraction of sp³-hybridized carbons (Fsp3) is 0.538. The Labute approximate surface area is 101 Å². The lowest BCUT2D eigenvalue weighted by Crippen LogP contribution is -2.23. The summed E-state index contributed by atoms with van der Waals surface area (Å²) < 4.78 is 24.4. The predicted molar refractivity (Wildman–Crippen MR) is 63.6 cm³/mol. The molecule has 1 aliphatic heterocycles. The molecule has 94 valence electrons. The highest BCUT2D eigenvalue weighted by Gasteiger charge is 2.24. The van der Waals surface area contributed by atoms with Crippen LogP contribution in [0.5, 0.6) is 5.75 Å². The number of benzene rings is 1. The molecular weight excluding hydrogens is 221 g/mol. The Balaban J connectivity index is 1.84.